The Kier molecular flexibility index (Phi) is 5.81. The summed E-state index contributed by atoms with van der Waals surface area (Å²) in [7, 11) is 0. The minimum Gasteiger partial charge on any atom is -0.370 e. The highest BCUT2D eigenvalue weighted by molar-refractivity contribution is 6.00. The molecule has 0 spiro atoms. The van der Waals surface area contributed by atoms with Gasteiger partial charge < -0.3 is 15.2 Å². The third-order valence-corrected chi connectivity index (χ3v) is 7.53. The third-order valence-electron chi connectivity index (χ3n) is 7.53. The Morgan fingerprint density at radius 2 is 1.64 bits per heavy atom. The molecule has 0 bridgehead atoms. The van der Waals surface area contributed by atoms with Gasteiger partial charge in [0.25, 0.3) is 0 Å². The fourth-order valence-corrected chi connectivity index (χ4v) is 5.50. The van der Waals surface area contributed by atoms with Crippen LogP contribution in [0.3, 0.4) is 0 Å². The van der Waals surface area contributed by atoms with Crippen LogP contribution in [0.15, 0.2) is 92.0 Å². The molecule has 192 valence electrons. The lowest BCUT2D eigenvalue weighted by Gasteiger charge is -2.28. The van der Waals surface area contributed by atoms with E-state index in [0.29, 0.717) is 0 Å². The van der Waals surface area contributed by atoms with E-state index >= 15 is 0 Å². The summed E-state index contributed by atoms with van der Waals surface area (Å²) in [6, 6.07) is 20.8. The van der Waals surface area contributed by atoms with Crippen LogP contribution >= 0.6 is 0 Å². The molecule has 1 fully saturated rings. The zero-order valence-electron chi connectivity index (χ0n) is 21.6. The smallest absolute Gasteiger partial charge is 0.116 e. The summed E-state index contributed by atoms with van der Waals surface area (Å²) in [6.07, 6.45) is 11.4. The number of pyridine rings is 2. The van der Waals surface area contributed by atoms with Crippen molar-refractivity contribution in [3.8, 4) is 22.5 Å². The van der Waals surface area contributed by atoms with E-state index in [1.54, 1.807) is 0 Å². The molecule has 1 aliphatic heterocycles. The van der Waals surface area contributed by atoms with E-state index in [2.05, 4.69) is 67.2 Å². The van der Waals surface area contributed by atoms with Crippen molar-refractivity contribution < 1.29 is 0 Å². The van der Waals surface area contributed by atoms with Crippen LogP contribution in [-0.2, 0) is 0 Å². The van der Waals surface area contributed by atoms with E-state index in [-0.39, 0.29) is 0 Å². The number of anilines is 2. The second-order valence-electron chi connectivity index (χ2n) is 10.1. The van der Waals surface area contributed by atoms with Crippen LogP contribution in [0.5, 0.6) is 0 Å². The van der Waals surface area contributed by atoms with Gasteiger partial charge in [0.05, 0.1) is 46.7 Å². The molecule has 7 nitrogen and oxygen atoms in total. The lowest BCUT2D eigenvalue weighted by Crippen LogP contribution is -2.29. The number of rotatable bonds is 6. The van der Waals surface area contributed by atoms with Crippen molar-refractivity contribution in [1.29, 1.82) is 0 Å². The normalized spacial score (nSPS) is 13.7. The van der Waals surface area contributed by atoms with E-state index in [1.165, 1.54) is 30.3 Å². The molecule has 4 aromatic heterocycles. The van der Waals surface area contributed by atoms with E-state index in [4.69, 9.17) is 5.10 Å². The number of aromatic nitrogens is 5. The second kappa shape index (κ2) is 9.76. The average molecular weight is 512 g/mol. The third kappa shape index (κ3) is 4.42. The van der Waals surface area contributed by atoms with E-state index in [0.717, 1.165) is 69.0 Å². The van der Waals surface area contributed by atoms with Crippen molar-refractivity contribution in [2.75, 3.05) is 23.3 Å². The molecule has 0 atom stereocenters. The average Bonchev–Trinajstić information content (AvgIpc) is 3.62. The Bertz CT molecular complexity index is 1790. The van der Waals surface area contributed by atoms with Crippen molar-refractivity contribution in [3.05, 3.63) is 97.6 Å². The molecule has 0 radical (unpaired) electrons. The molecule has 3 N–H and O–H groups in total. The molecule has 39 heavy (non-hydrogen) atoms. The summed E-state index contributed by atoms with van der Waals surface area (Å²) >= 11 is 0. The second-order valence-corrected chi connectivity index (χ2v) is 10.1. The zero-order chi connectivity index (χ0) is 26.2. The van der Waals surface area contributed by atoms with Gasteiger partial charge in [-0.05, 0) is 54.7 Å². The summed E-state index contributed by atoms with van der Waals surface area (Å²) in [5.41, 5.74) is 9.94. The fourth-order valence-electron chi connectivity index (χ4n) is 5.50. The Balaban J connectivity index is 1.22. The maximum Gasteiger partial charge on any atom is 0.116 e. The number of piperidine rings is 1. The zero-order valence-corrected chi connectivity index (χ0v) is 21.6. The molecule has 7 rings (SSSR count). The van der Waals surface area contributed by atoms with Gasteiger partial charge in [-0.2, -0.15) is 5.10 Å². The van der Waals surface area contributed by atoms with E-state index in [1.807, 2.05) is 55.1 Å². The van der Waals surface area contributed by atoms with Gasteiger partial charge in [-0.15, -0.1) is 0 Å². The summed E-state index contributed by atoms with van der Waals surface area (Å²) in [4.78, 5) is 15.0. The molecular weight excluding hydrogens is 482 g/mol. The van der Waals surface area contributed by atoms with Crippen LogP contribution in [0.25, 0.3) is 50.0 Å². The highest BCUT2D eigenvalue weighted by Crippen LogP contribution is 2.35. The van der Waals surface area contributed by atoms with Gasteiger partial charge in [0, 0.05) is 41.3 Å². The first kappa shape index (κ1) is 23.2. The van der Waals surface area contributed by atoms with Crippen molar-refractivity contribution in [1.82, 2.24) is 25.1 Å². The summed E-state index contributed by atoms with van der Waals surface area (Å²) in [6.45, 7) is 6.35. The highest BCUT2D eigenvalue weighted by atomic mass is 15.1. The molecule has 0 saturated carbocycles. The summed E-state index contributed by atoms with van der Waals surface area (Å²) in [5, 5.41) is 13.5. The number of fused-ring (bicyclic) bond motifs is 2. The molecule has 1 aliphatic rings. The highest BCUT2D eigenvalue weighted by Gasteiger charge is 2.18. The number of hydrogen-bond acceptors (Lipinski definition) is 5. The number of benzene rings is 2. The molecule has 2 aromatic carbocycles. The largest absolute Gasteiger partial charge is 0.370 e. The molecule has 0 aliphatic carbocycles. The Hall–Kier alpha value is -4.91. The number of nitrogens with zero attached hydrogens (tertiary/aromatic N) is 4. The Morgan fingerprint density at radius 3 is 2.51 bits per heavy atom. The van der Waals surface area contributed by atoms with Gasteiger partial charge in [0.1, 0.15) is 5.69 Å². The van der Waals surface area contributed by atoms with Crippen LogP contribution in [0.2, 0.25) is 0 Å². The van der Waals surface area contributed by atoms with Crippen molar-refractivity contribution >= 4 is 38.9 Å². The SMILES string of the molecule is C=C(Nc1cncc(-c2ccc3[nH]nc(-c4cc5c(N6CCCCC6)cncc5[nH]4)c3c2)c1)c1ccccc1. The first-order valence-electron chi connectivity index (χ1n) is 13.4. The van der Waals surface area contributed by atoms with E-state index < -0.39 is 0 Å². The van der Waals surface area contributed by atoms with Gasteiger partial charge in [0.15, 0.2) is 0 Å². The van der Waals surface area contributed by atoms with Gasteiger partial charge in [-0.3, -0.25) is 15.1 Å². The number of nitrogens with one attached hydrogen (secondary N) is 3. The van der Waals surface area contributed by atoms with Gasteiger partial charge in [-0.25, -0.2) is 0 Å². The molecule has 6 aromatic rings. The molecule has 1 saturated heterocycles. The fraction of sp³-hybridized carbons (Fsp3) is 0.156. The van der Waals surface area contributed by atoms with Gasteiger partial charge >= 0.3 is 0 Å². The number of aromatic amines is 2. The van der Waals surface area contributed by atoms with Gasteiger partial charge in [0.2, 0.25) is 0 Å². The van der Waals surface area contributed by atoms with Crippen molar-refractivity contribution in [2.24, 2.45) is 0 Å². The minimum atomic E-state index is 0.833. The first-order chi connectivity index (χ1) is 19.2. The Morgan fingerprint density at radius 1 is 0.795 bits per heavy atom. The number of hydrogen-bond donors (Lipinski definition) is 3. The molecule has 7 heteroatoms. The maximum atomic E-state index is 4.70. The predicted octanol–water partition coefficient (Wildman–Crippen LogP) is 7.24. The summed E-state index contributed by atoms with van der Waals surface area (Å²) in [5.74, 6) is 0. The molecular formula is C32H29N7. The maximum absolute atomic E-state index is 4.70. The molecule has 0 amide bonds. The van der Waals surface area contributed by atoms with Crippen LogP contribution in [0.4, 0.5) is 11.4 Å². The minimum absolute atomic E-state index is 0.833. The lowest BCUT2D eigenvalue weighted by atomic mass is 10.0. The lowest BCUT2D eigenvalue weighted by molar-refractivity contribution is 0.578. The van der Waals surface area contributed by atoms with Crippen LogP contribution in [0, 0.1) is 0 Å². The topological polar surface area (TPSA) is 85.5 Å². The van der Waals surface area contributed by atoms with Crippen molar-refractivity contribution in [3.63, 3.8) is 0 Å². The number of H-pyrrole nitrogens is 2. The van der Waals surface area contributed by atoms with Crippen LogP contribution in [-0.4, -0.2) is 38.2 Å². The first-order valence-corrected chi connectivity index (χ1v) is 13.4. The van der Waals surface area contributed by atoms with Gasteiger partial charge in [-0.1, -0.05) is 43.0 Å². The Labute approximate surface area is 226 Å². The standard InChI is InChI=1S/C32H29N7/c1-21(22-8-4-2-5-9-22)35-25-14-24(17-33-18-25)23-10-11-28-27(15-23)32(38-37-28)29-16-26-30(36-29)19-34-20-31(26)39-12-6-3-7-13-39/h2,4-5,8-11,14-20,35-36H,1,3,6-7,12-13H2,(H,37,38). The van der Waals surface area contributed by atoms with Crippen LogP contribution < -0.4 is 10.2 Å². The van der Waals surface area contributed by atoms with Crippen molar-refractivity contribution in [2.45, 2.75) is 19.3 Å². The summed E-state index contributed by atoms with van der Waals surface area (Å²) < 4.78 is 0. The monoisotopic (exact) mass is 511 g/mol. The van der Waals surface area contributed by atoms with Crippen LogP contribution in [0.1, 0.15) is 24.8 Å². The quantitative estimate of drug-likeness (QED) is 0.219. The molecule has 0 unspecified atom stereocenters. The molecule has 5 heterocycles. The predicted molar refractivity (Wildman–Crippen MR) is 160 cm³/mol. The van der Waals surface area contributed by atoms with E-state index in [9.17, 15) is 0 Å².